The van der Waals surface area contributed by atoms with Crippen molar-refractivity contribution in [2.24, 2.45) is 0 Å². The van der Waals surface area contributed by atoms with E-state index >= 15 is 0 Å². The first-order valence-electron chi connectivity index (χ1n) is 6.93. The van der Waals surface area contributed by atoms with Crippen molar-refractivity contribution in [2.45, 2.75) is 37.5 Å². The number of aliphatic hydroxyl groups is 1. The van der Waals surface area contributed by atoms with E-state index in [0.717, 1.165) is 25.7 Å². The molecular weight excluding hydrogens is 278 g/mol. The summed E-state index contributed by atoms with van der Waals surface area (Å²) >= 11 is 0. The lowest BCUT2D eigenvalue weighted by atomic mass is 10.2. The molecule has 0 aliphatic rings. The van der Waals surface area contributed by atoms with Gasteiger partial charge in [0.1, 0.15) is 5.75 Å². The number of aliphatic hydroxyl groups excluding tert-OH is 1. The Morgan fingerprint density at radius 2 is 1.75 bits per heavy atom. The first kappa shape index (κ1) is 16.9. The predicted octanol–water partition coefficient (Wildman–Crippen LogP) is 1.92. The maximum atomic E-state index is 12.0. The molecule has 114 valence electrons. The molecule has 0 fully saturated rings. The molecule has 0 unspecified atom stereocenters. The number of benzene rings is 1. The van der Waals surface area contributed by atoms with Gasteiger partial charge in [0, 0.05) is 13.2 Å². The Kier molecular flexibility index (Phi) is 7.58. The van der Waals surface area contributed by atoms with Gasteiger partial charge in [-0.15, -0.1) is 0 Å². The molecule has 5 nitrogen and oxygen atoms in total. The maximum absolute atomic E-state index is 12.0. The molecule has 0 aliphatic heterocycles. The summed E-state index contributed by atoms with van der Waals surface area (Å²) in [6.45, 7) is 3.04. The van der Waals surface area contributed by atoms with E-state index in [1.54, 1.807) is 24.3 Å². The van der Waals surface area contributed by atoms with Crippen LogP contribution >= 0.6 is 0 Å². The molecule has 2 N–H and O–H groups in total. The summed E-state index contributed by atoms with van der Waals surface area (Å²) in [4.78, 5) is 0.247. The van der Waals surface area contributed by atoms with Crippen LogP contribution in [-0.4, -0.2) is 33.3 Å². The number of unbranched alkanes of at least 4 members (excludes halogenated alkanes) is 3. The molecule has 0 aromatic heterocycles. The van der Waals surface area contributed by atoms with Gasteiger partial charge in [-0.3, -0.25) is 0 Å². The third-order valence-corrected chi connectivity index (χ3v) is 4.30. The Morgan fingerprint density at radius 3 is 2.35 bits per heavy atom. The lowest BCUT2D eigenvalue weighted by Crippen LogP contribution is -2.24. The van der Waals surface area contributed by atoms with Crippen LogP contribution < -0.4 is 9.46 Å². The Labute approximate surface area is 121 Å². The van der Waals surface area contributed by atoms with Gasteiger partial charge in [-0.05, 0) is 44.0 Å². The molecule has 6 heteroatoms. The molecule has 0 atom stereocenters. The van der Waals surface area contributed by atoms with E-state index in [4.69, 9.17) is 9.84 Å². The quantitative estimate of drug-likeness (QED) is 0.647. The second kappa shape index (κ2) is 8.94. The van der Waals surface area contributed by atoms with Crippen LogP contribution in [0.2, 0.25) is 0 Å². The van der Waals surface area contributed by atoms with E-state index in [-0.39, 0.29) is 11.5 Å². The number of rotatable bonds is 10. The molecule has 1 aromatic carbocycles. The highest BCUT2D eigenvalue weighted by molar-refractivity contribution is 7.89. The molecule has 0 aliphatic carbocycles. The predicted molar refractivity (Wildman–Crippen MR) is 78.4 cm³/mol. The van der Waals surface area contributed by atoms with E-state index in [1.165, 1.54) is 0 Å². The van der Waals surface area contributed by atoms with Crippen LogP contribution in [0.3, 0.4) is 0 Å². The first-order chi connectivity index (χ1) is 9.60. The molecule has 0 radical (unpaired) electrons. The van der Waals surface area contributed by atoms with Crippen molar-refractivity contribution >= 4 is 10.0 Å². The highest BCUT2D eigenvalue weighted by Crippen LogP contribution is 2.15. The van der Waals surface area contributed by atoms with Gasteiger partial charge >= 0.3 is 0 Å². The number of sulfonamides is 1. The Hall–Kier alpha value is -1.11. The van der Waals surface area contributed by atoms with Gasteiger partial charge in [0.15, 0.2) is 0 Å². The smallest absolute Gasteiger partial charge is 0.240 e. The summed E-state index contributed by atoms with van der Waals surface area (Å²) in [5.41, 5.74) is 0. The van der Waals surface area contributed by atoms with Crippen molar-refractivity contribution in [2.75, 3.05) is 19.8 Å². The minimum absolute atomic E-state index is 0.192. The summed E-state index contributed by atoms with van der Waals surface area (Å²) in [6.07, 6.45) is 3.37. The molecule has 1 aromatic rings. The van der Waals surface area contributed by atoms with Gasteiger partial charge in [-0.1, -0.05) is 12.8 Å². The highest BCUT2D eigenvalue weighted by Gasteiger charge is 2.12. The summed E-state index contributed by atoms with van der Waals surface area (Å²) in [5, 5.41) is 8.64. The third-order valence-electron chi connectivity index (χ3n) is 2.82. The van der Waals surface area contributed by atoms with Crippen molar-refractivity contribution in [3.05, 3.63) is 24.3 Å². The van der Waals surface area contributed by atoms with E-state index in [2.05, 4.69) is 4.72 Å². The lowest BCUT2D eigenvalue weighted by molar-refractivity contribution is 0.282. The largest absolute Gasteiger partial charge is 0.494 e. The minimum atomic E-state index is -3.44. The SMILES string of the molecule is CCOc1ccc(S(=O)(=O)NCCCCCCO)cc1. The van der Waals surface area contributed by atoms with Crippen molar-refractivity contribution < 1.29 is 18.3 Å². The van der Waals surface area contributed by atoms with Gasteiger partial charge in [-0.2, -0.15) is 0 Å². The van der Waals surface area contributed by atoms with Crippen LogP contribution in [0.15, 0.2) is 29.2 Å². The zero-order valence-electron chi connectivity index (χ0n) is 11.8. The third kappa shape index (κ3) is 5.90. The molecule has 0 spiro atoms. The van der Waals surface area contributed by atoms with Crippen molar-refractivity contribution in [3.8, 4) is 5.75 Å². The van der Waals surface area contributed by atoms with Crippen molar-refractivity contribution in [1.82, 2.24) is 4.72 Å². The van der Waals surface area contributed by atoms with E-state index in [9.17, 15) is 8.42 Å². The molecule has 0 saturated heterocycles. The molecule has 0 heterocycles. The van der Waals surface area contributed by atoms with Crippen LogP contribution in [-0.2, 0) is 10.0 Å². The zero-order chi connectivity index (χ0) is 14.8. The molecular formula is C14H23NO4S. The summed E-state index contributed by atoms with van der Waals surface area (Å²) in [5.74, 6) is 0.662. The second-order valence-electron chi connectivity index (χ2n) is 4.44. The van der Waals surface area contributed by atoms with E-state index in [0.29, 0.717) is 18.9 Å². The number of hydrogen-bond acceptors (Lipinski definition) is 4. The van der Waals surface area contributed by atoms with Crippen LogP contribution in [0.4, 0.5) is 0 Å². The summed E-state index contributed by atoms with van der Waals surface area (Å²) in [6, 6.07) is 6.39. The fourth-order valence-corrected chi connectivity index (χ4v) is 2.84. The molecule has 20 heavy (non-hydrogen) atoms. The van der Waals surface area contributed by atoms with Crippen LogP contribution in [0, 0.1) is 0 Å². The molecule has 0 amide bonds. The lowest BCUT2D eigenvalue weighted by Gasteiger charge is -2.08. The van der Waals surface area contributed by atoms with Crippen molar-refractivity contribution in [3.63, 3.8) is 0 Å². The Morgan fingerprint density at radius 1 is 1.10 bits per heavy atom. The van der Waals surface area contributed by atoms with Crippen LogP contribution in [0.25, 0.3) is 0 Å². The zero-order valence-corrected chi connectivity index (χ0v) is 12.7. The van der Waals surface area contributed by atoms with Gasteiger partial charge in [0.25, 0.3) is 0 Å². The monoisotopic (exact) mass is 301 g/mol. The van der Waals surface area contributed by atoms with Gasteiger partial charge in [0.05, 0.1) is 11.5 Å². The number of nitrogens with one attached hydrogen (secondary N) is 1. The molecule has 0 bridgehead atoms. The maximum Gasteiger partial charge on any atom is 0.240 e. The van der Waals surface area contributed by atoms with Gasteiger partial charge < -0.3 is 9.84 Å². The fraction of sp³-hybridized carbons (Fsp3) is 0.571. The number of hydrogen-bond donors (Lipinski definition) is 2. The Bertz CT molecular complexity index is 470. The highest BCUT2D eigenvalue weighted by atomic mass is 32.2. The standard InChI is InChI=1S/C14H23NO4S/c1-2-19-13-7-9-14(10-8-13)20(17,18)15-11-5-3-4-6-12-16/h7-10,15-16H,2-6,11-12H2,1H3. The normalized spacial score (nSPS) is 11.5. The van der Waals surface area contributed by atoms with Crippen LogP contribution in [0.5, 0.6) is 5.75 Å². The van der Waals surface area contributed by atoms with E-state index in [1.807, 2.05) is 6.92 Å². The second-order valence-corrected chi connectivity index (χ2v) is 6.21. The molecule has 1 rings (SSSR count). The first-order valence-corrected chi connectivity index (χ1v) is 8.42. The van der Waals surface area contributed by atoms with Crippen LogP contribution in [0.1, 0.15) is 32.6 Å². The van der Waals surface area contributed by atoms with Crippen molar-refractivity contribution in [1.29, 1.82) is 0 Å². The number of ether oxygens (including phenoxy) is 1. The summed E-state index contributed by atoms with van der Waals surface area (Å²) < 4.78 is 31.8. The minimum Gasteiger partial charge on any atom is -0.494 e. The topological polar surface area (TPSA) is 75.6 Å². The fourth-order valence-electron chi connectivity index (χ4n) is 1.76. The van der Waals surface area contributed by atoms with Gasteiger partial charge in [-0.25, -0.2) is 13.1 Å². The molecule has 0 saturated carbocycles. The van der Waals surface area contributed by atoms with Gasteiger partial charge in [0.2, 0.25) is 10.0 Å². The summed E-state index contributed by atoms with van der Waals surface area (Å²) in [7, 11) is -3.44. The Balaban J connectivity index is 2.43. The van der Waals surface area contributed by atoms with E-state index < -0.39 is 10.0 Å². The average Bonchev–Trinajstić information content (AvgIpc) is 2.44. The average molecular weight is 301 g/mol.